The van der Waals surface area contributed by atoms with Gasteiger partial charge in [-0.15, -0.1) is 0 Å². The molecule has 2 aromatic rings. The molecule has 0 aliphatic rings. The number of fused-ring (bicyclic) bond motifs is 1. The Hall–Kier alpha value is -1.57. The number of aromatic nitrogens is 2. The number of hydrogen-bond donors (Lipinski definition) is 0. The van der Waals surface area contributed by atoms with E-state index in [0.29, 0.717) is 0 Å². The summed E-state index contributed by atoms with van der Waals surface area (Å²) >= 11 is 0. The number of pyridine rings is 1. The second-order valence-corrected chi connectivity index (χ2v) is 2.62. The SMILES string of the molecule is CC=Cc1cccn2ccnc12. The summed E-state index contributed by atoms with van der Waals surface area (Å²) in [6.07, 6.45) is 9.83. The molecule has 0 unspecified atom stereocenters. The lowest BCUT2D eigenvalue weighted by molar-refractivity contribution is 1.18. The third-order valence-electron chi connectivity index (χ3n) is 1.80. The Bertz CT molecular complexity index is 412. The molecule has 2 aromatic heterocycles. The van der Waals surface area contributed by atoms with E-state index in [2.05, 4.69) is 17.1 Å². The van der Waals surface area contributed by atoms with E-state index in [-0.39, 0.29) is 0 Å². The van der Waals surface area contributed by atoms with Gasteiger partial charge in [-0.25, -0.2) is 4.98 Å². The van der Waals surface area contributed by atoms with Gasteiger partial charge >= 0.3 is 0 Å². The number of imidazole rings is 1. The van der Waals surface area contributed by atoms with Crippen LogP contribution in [0.1, 0.15) is 12.5 Å². The minimum atomic E-state index is 1.01. The average molecular weight is 158 g/mol. The van der Waals surface area contributed by atoms with Crippen LogP contribution in [-0.2, 0) is 0 Å². The Morgan fingerprint density at radius 2 is 2.33 bits per heavy atom. The van der Waals surface area contributed by atoms with Crippen molar-refractivity contribution in [3.05, 3.63) is 42.4 Å². The van der Waals surface area contributed by atoms with Crippen molar-refractivity contribution in [2.24, 2.45) is 0 Å². The first-order chi connectivity index (χ1) is 5.92. The fourth-order valence-corrected chi connectivity index (χ4v) is 1.28. The molecule has 0 fully saturated rings. The van der Waals surface area contributed by atoms with Gasteiger partial charge in [-0.1, -0.05) is 12.2 Å². The van der Waals surface area contributed by atoms with Gasteiger partial charge in [-0.05, 0) is 19.1 Å². The molecule has 0 aliphatic carbocycles. The van der Waals surface area contributed by atoms with Crippen LogP contribution in [0.3, 0.4) is 0 Å². The normalized spacial score (nSPS) is 11.4. The lowest BCUT2D eigenvalue weighted by Gasteiger charge is -1.96. The molecule has 2 rings (SSSR count). The predicted octanol–water partition coefficient (Wildman–Crippen LogP) is 2.37. The molecule has 60 valence electrons. The molecule has 0 atom stereocenters. The van der Waals surface area contributed by atoms with Crippen LogP contribution in [0.15, 0.2) is 36.8 Å². The maximum Gasteiger partial charge on any atom is 0.143 e. The Morgan fingerprint density at radius 1 is 1.42 bits per heavy atom. The molecule has 0 spiro atoms. The van der Waals surface area contributed by atoms with Crippen molar-refractivity contribution in [3.8, 4) is 0 Å². The fourth-order valence-electron chi connectivity index (χ4n) is 1.28. The molecule has 0 saturated heterocycles. The van der Waals surface area contributed by atoms with E-state index in [9.17, 15) is 0 Å². The van der Waals surface area contributed by atoms with Gasteiger partial charge in [0.15, 0.2) is 0 Å². The largest absolute Gasteiger partial charge is 0.307 e. The molecule has 2 heteroatoms. The Kier molecular flexibility index (Phi) is 1.67. The number of nitrogens with zero attached hydrogens (tertiary/aromatic N) is 2. The number of hydrogen-bond acceptors (Lipinski definition) is 1. The molecule has 12 heavy (non-hydrogen) atoms. The van der Waals surface area contributed by atoms with E-state index in [1.54, 1.807) is 0 Å². The lowest BCUT2D eigenvalue weighted by atomic mass is 10.2. The molecule has 0 saturated carbocycles. The van der Waals surface area contributed by atoms with Crippen LogP contribution in [0.2, 0.25) is 0 Å². The van der Waals surface area contributed by atoms with Crippen LogP contribution >= 0.6 is 0 Å². The van der Waals surface area contributed by atoms with E-state index in [0.717, 1.165) is 11.2 Å². The molecule has 0 bridgehead atoms. The predicted molar refractivity (Wildman–Crippen MR) is 49.9 cm³/mol. The summed E-state index contributed by atoms with van der Waals surface area (Å²) in [5.41, 5.74) is 2.17. The highest BCUT2D eigenvalue weighted by atomic mass is 15.0. The van der Waals surface area contributed by atoms with Crippen molar-refractivity contribution in [1.82, 2.24) is 9.38 Å². The van der Waals surface area contributed by atoms with Gasteiger partial charge in [0.2, 0.25) is 0 Å². The Balaban J connectivity index is 2.73. The third kappa shape index (κ3) is 1.01. The van der Waals surface area contributed by atoms with Gasteiger partial charge in [-0.3, -0.25) is 0 Å². The lowest BCUT2D eigenvalue weighted by Crippen LogP contribution is -1.84. The maximum absolute atomic E-state index is 4.25. The quantitative estimate of drug-likeness (QED) is 0.622. The van der Waals surface area contributed by atoms with E-state index in [4.69, 9.17) is 0 Å². The van der Waals surface area contributed by atoms with E-state index >= 15 is 0 Å². The minimum Gasteiger partial charge on any atom is -0.307 e. The van der Waals surface area contributed by atoms with Crippen molar-refractivity contribution in [1.29, 1.82) is 0 Å². The summed E-state index contributed by atoms with van der Waals surface area (Å²) in [6, 6.07) is 4.08. The summed E-state index contributed by atoms with van der Waals surface area (Å²) in [6.45, 7) is 2.01. The Labute approximate surface area is 71.2 Å². The highest BCUT2D eigenvalue weighted by Crippen LogP contribution is 2.09. The smallest absolute Gasteiger partial charge is 0.143 e. The van der Waals surface area contributed by atoms with Gasteiger partial charge in [0.05, 0.1) is 0 Å². The van der Waals surface area contributed by atoms with Gasteiger partial charge in [0.25, 0.3) is 0 Å². The summed E-state index contributed by atoms with van der Waals surface area (Å²) in [5, 5.41) is 0. The first kappa shape index (κ1) is 7.10. The van der Waals surface area contributed by atoms with Gasteiger partial charge < -0.3 is 4.40 Å². The fraction of sp³-hybridized carbons (Fsp3) is 0.100. The Morgan fingerprint density at radius 3 is 3.17 bits per heavy atom. The van der Waals surface area contributed by atoms with E-state index < -0.39 is 0 Å². The third-order valence-corrected chi connectivity index (χ3v) is 1.80. The zero-order valence-electron chi connectivity index (χ0n) is 6.94. The molecule has 2 nitrogen and oxygen atoms in total. The van der Waals surface area contributed by atoms with Crippen LogP contribution in [0.4, 0.5) is 0 Å². The van der Waals surface area contributed by atoms with E-state index in [1.807, 2.05) is 42.1 Å². The second kappa shape index (κ2) is 2.81. The topological polar surface area (TPSA) is 17.3 Å². The maximum atomic E-state index is 4.25. The highest BCUT2D eigenvalue weighted by Gasteiger charge is 1.96. The van der Waals surface area contributed by atoms with Crippen LogP contribution < -0.4 is 0 Å². The molecule has 0 radical (unpaired) electrons. The van der Waals surface area contributed by atoms with Gasteiger partial charge in [-0.2, -0.15) is 0 Å². The summed E-state index contributed by atoms with van der Waals surface area (Å²) < 4.78 is 2.01. The van der Waals surface area contributed by atoms with Crippen LogP contribution in [-0.4, -0.2) is 9.38 Å². The van der Waals surface area contributed by atoms with Crippen molar-refractivity contribution >= 4 is 11.7 Å². The molecule has 0 N–H and O–H groups in total. The zero-order valence-corrected chi connectivity index (χ0v) is 6.94. The standard InChI is InChI=1S/C10H10N2/c1-2-4-9-5-3-7-12-8-6-11-10(9)12/h2-8H,1H3. The second-order valence-electron chi connectivity index (χ2n) is 2.62. The molecular weight excluding hydrogens is 148 g/mol. The number of allylic oxidation sites excluding steroid dienone is 1. The van der Waals surface area contributed by atoms with Crippen molar-refractivity contribution < 1.29 is 0 Å². The summed E-state index contributed by atoms with van der Waals surface area (Å²) in [4.78, 5) is 4.25. The number of rotatable bonds is 1. The van der Waals surface area contributed by atoms with Crippen LogP contribution in [0.5, 0.6) is 0 Å². The molecular formula is C10H10N2. The van der Waals surface area contributed by atoms with Crippen LogP contribution in [0.25, 0.3) is 11.7 Å². The average Bonchev–Trinajstić information content (AvgIpc) is 2.53. The monoisotopic (exact) mass is 158 g/mol. The first-order valence-corrected chi connectivity index (χ1v) is 3.96. The van der Waals surface area contributed by atoms with Crippen molar-refractivity contribution in [2.75, 3.05) is 0 Å². The van der Waals surface area contributed by atoms with Gasteiger partial charge in [0.1, 0.15) is 5.65 Å². The minimum absolute atomic E-state index is 1.01. The van der Waals surface area contributed by atoms with Crippen molar-refractivity contribution in [3.63, 3.8) is 0 Å². The summed E-state index contributed by atoms with van der Waals surface area (Å²) in [7, 11) is 0. The molecule has 0 aromatic carbocycles. The summed E-state index contributed by atoms with van der Waals surface area (Å²) in [5.74, 6) is 0. The zero-order chi connectivity index (χ0) is 8.39. The molecule has 2 heterocycles. The first-order valence-electron chi connectivity index (χ1n) is 3.96. The molecule has 0 amide bonds. The molecule has 0 aliphatic heterocycles. The van der Waals surface area contributed by atoms with Crippen molar-refractivity contribution in [2.45, 2.75) is 6.92 Å². The van der Waals surface area contributed by atoms with Crippen LogP contribution in [0, 0.1) is 0 Å². The van der Waals surface area contributed by atoms with Gasteiger partial charge in [0, 0.05) is 24.2 Å². The van der Waals surface area contributed by atoms with E-state index in [1.165, 1.54) is 0 Å². The highest BCUT2D eigenvalue weighted by molar-refractivity contribution is 5.64.